The first-order chi connectivity index (χ1) is 8.56. The van der Waals surface area contributed by atoms with Gasteiger partial charge in [-0.25, -0.2) is 9.78 Å². The highest BCUT2D eigenvalue weighted by Gasteiger charge is 2.12. The van der Waals surface area contributed by atoms with Crippen LogP contribution in [0.1, 0.15) is 10.4 Å². The molecule has 0 spiro atoms. The highest BCUT2D eigenvalue weighted by molar-refractivity contribution is 14.1. The Hall–Kier alpha value is -1.83. The van der Waals surface area contributed by atoms with Gasteiger partial charge in [-0.05, 0) is 46.9 Å². The first-order valence-electron chi connectivity index (χ1n) is 5.07. The Kier molecular flexibility index (Phi) is 3.66. The van der Waals surface area contributed by atoms with Crippen molar-refractivity contribution in [1.82, 2.24) is 4.98 Å². The molecule has 0 saturated heterocycles. The second-order valence-electron chi connectivity index (χ2n) is 3.61. The molecule has 92 valence electrons. The third-order valence-electron chi connectivity index (χ3n) is 2.23. The third-order valence-corrected chi connectivity index (χ3v) is 2.90. The van der Waals surface area contributed by atoms with Crippen molar-refractivity contribution in [2.45, 2.75) is 0 Å². The van der Waals surface area contributed by atoms with Gasteiger partial charge in [0, 0.05) is 9.26 Å². The summed E-state index contributed by atoms with van der Waals surface area (Å²) in [5, 5.41) is 12.1. The van der Waals surface area contributed by atoms with Crippen molar-refractivity contribution >= 4 is 45.8 Å². The fourth-order valence-electron chi connectivity index (χ4n) is 1.45. The molecule has 2 aromatic rings. The summed E-state index contributed by atoms with van der Waals surface area (Å²) in [6, 6.07) is 8.93. The number of nitrogens with one attached hydrogen (secondary N) is 1. The van der Waals surface area contributed by atoms with Crippen molar-refractivity contribution in [3.8, 4) is 0 Å². The molecule has 0 aliphatic rings. The lowest BCUT2D eigenvalue weighted by atomic mass is 10.2. The number of carboxylic acids is 1. The number of nitrogen functional groups attached to an aromatic ring is 1. The summed E-state index contributed by atoms with van der Waals surface area (Å²) in [6.07, 6.45) is 1.42. The van der Waals surface area contributed by atoms with Crippen LogP contribution in [0.15, 0.2) is 36.5 Å². The first kappa shape index (κ1) is 12.6. The van der Waals surface area contributed by atoms with E-state index in [0.717, 1.165) is 9.26 Å². The molecule has 0 fully saturated rings. The van der Waals surface area contributed by atoms with Crippen LogP contribution in [0.2, 0.25) is 0 Å². The molecule has 0 aliphatic heterocycles. The topological polar surface area (TPSA) is 88.2 Å². The highest BCUT2D eigenvalue weighted by Crippen LogP contribution is 2.21. The molecule has 0 atom stereocenters. The summed E-state index contributed by atoms with van der Waals surface area (Å²) >= 11 is 2.18. The zero-order valence-corrected chi connectivity index (χ0v) is 11.4. The van der Waals surface area contributed by atoms with Gasteiger partial charge in [0.1, 0.15) is 11.4 Å². The largest absolute Gasteiger partial charge is 0.478 e. The van der Waals surface area contributed by atoms with Gasteiger partial charge in [0.05, 0.1) is 11.9 Å². The summed E-state index contributed by atoms with van der Waals surface area (Å²) in [4.78, 5) is 15.1. The van der Waals surface area contributed by atoms with Crippen molar-refractivity contribution in [2.24, 2.45) is 0 Å². The number of aromatic carboxylic acids is 1. The number of hydrogen-bond donors (Lipinski definition) is 3. The maximum atomic E-state index is 11.1. The number of carbonyl (C=O) groups is 1. The summed E-state index contributed by atoms with van der Waals surface area (Å²) < 4.78 is 1.05. The molecule has 1 aromatic carbocycles. The second-order valence-corrected chi connectivity index (χ2v) is 4.85. The van der Waals surface area contributed by atoms with Crippen LogP contribution in [0, 0.1) is 3.57 Å². The molecule has 18 heavy (non-hydrogen) atoms. The predicted octanol–water partition coefficient (Wildman–Crippen LogP) is 2.71. The van der Waals surface area contributed by atoms with Crippen molar-refractivity contribution in [3.05, 3.63) is 45.7 Å². The molecule has 0 unspecified atom stereocenters. The molecular formula is C12H10IN3O2. The Bertz CT molecular complexity index is 602. The molecule has 0 saturated carbocycles. The van der Waals surface area contributed by atoms with E-state index in [2.05, 4.69) is 32.9 Å². The summed E-state index contributed by atoms with van der Waals surface area (Å²) in [5.74, 6) is -0.790. The highest BCUT2D eigenvalue weighted by atomic mass is 127. The number of pyridine rings is 1. The Morgan fingerprint density at radius 2 is 2.17 bits per heavy atom. The molecule has 0 bridgehead atoms. The van der Waals surface area contributed by atoms with Crippen LogP contribution in [0.3, 0.4) is 0 Å². The number of anilines is 3. The van der Waals surface area contributed by atoms with E-state index in [0.29, 0.717) is 5.69 Å². The number of aromatic nitrogens is 1. The van der Waals surface area contributed by atoms with Crippen LogP contribution >= 0.6 is 22.6 Å². The minimum atomic E-state index is -1.07. The molecular weight excluding hydrogens is 345 g/mol. The number of halogens is 1. The Balaban J connectivity index is 2.37. The lowest BCUT2D eigenvalue weighted by Crippen LogP contribution is -2.06. The smallest absolute Gasteiger partial charge is 0.339 e. The fourth-order valence-corrected chi connectivity index (χ4v) is 1.99. The van der Waals surface area contributed by atoms with Gasteiger partial charge in [-0.15, -0.1) is 0 Å². The molecule has 0 radical (unpaired) electrons. The van der Waals surface area contributed by atoms with E-state index in [9.17, 15) is 4.79 Å². The number of hydrogen-bond acceptors (Lipinski definition) is 4. The van der Waals surface area contributed by atoms with Gasteiger partial charge >= 0.3 is 5.97 Å². The van der Waals surface area contributed by atoms with Crippen LogP contribution in [-0.4, -0.2) is 16.1 Å². The quantitative estimate of drug-likeness (QED) is 0.737. The second kappa shape index (κ2) is 5.21. The normalized spacial score (nSPS) is 10.1. The van der Waals surface area contributed by atoms with Crippen molar-refractivity contribution in [3.63, 3.8) is 0 Å². The van der Waals surface area contributed by atoms with E-state index in [4.69, 9.17) is 10.8 Å². The maximum absolute atomic E-state index is 11.1. The lowest BCUT2D eigenvalue weighted by Gasteiger charge is -2.09. The van der Waals surface area contributed by atoms with Crippen LogP contribution in [0.25, 0.3) is 0 Å². The van der Waals surface area contributed by atoms with Gasteiger partial charge < -0.3 is 16.2 Å². The minimum Gasteiger partial charge on any atom is -0.478 e. The monoisotopic (exact) mass is 355 g/mol. The van der Waals surface area contributed by atoms with Gasteiger partial charge in [0.2, 0.25) is 0 Å². The predicted molar refractivity (Wildman–Crippen MR) is 78.1 cm³/mol. The Labute approximate surface area is 117 Å². The first-order valence-corrected chi connectivity index (χ1v) is 6.15. The number of nitrogens with zero attached hydrogens (tertiary/aromatic N) is 1. The van der Waals surface area contributed by atoms with E-state index in [1.165, 1.54) is 12.3 Å². The average molecular weight is 355 g/mol. The summed E-state index contributed by atoms with van der Waals surface area (Å²) in [7, 11) is 0. The number of carboxylic acid groups (broad SMARTS) is 1. The summed E-state index contributed by atoms with van der Waals surface area (Å²) in [5.41, 5.74) is 6.68. The zero-order valence-electron chi connectivity index (χ0n) is 9.22. The van der Waals surface area contributed by atoms with Crippen LogP contribution in [0.4, 0.5) is 17.2 Å². The third kappa shape index (κ3) is 2.89. The number of nitrogens with two attached hydrogens (primary N) is 1. The van der Waals surface area contributed by atoms with Crippen molar-refractivity contribution in [2.75, 3.05) is 11.1 Å². The van der Waals surface area contributed by atoms with Crippen LogP contribution < -0.4 is 11.1 Å². The number of benzene rings is 1. The molecule has 6 heteroatoms. The maximum Gasteiger partial charge on any atom is 0.339 e. The fraction of sp³-hybridized carbons (Fsp3) is 0. The summed E-state index contributed by atoms with van der Waals surface area (Å²) in [6.45, 7) is 0. The average Bonchev–Trinajstić information content (AvgIpc) is 2.31. The van der Waals surface area contributed by atoms with E-state index >= 15 is 0 Å². The molecule has 0 aliphatic carbocycles. The van der Waals surface area contributed by atoms with Gasteiger partial charge in [0.25, 0.3) is 0 Å². The van der Waals surface area contributed by atoms with Gasteiger partial charge in [-0.2, -0.15) is 0 Å². The standard InChI is InChI=1S/C12H10IN3O2/c13-7-2-1-3-9(4-7)16-11-10(12(17)18)5-8(14)6-15-11/h1-6H,14H2,(H,15,16)(H,17,18). The molecule has 1 aromatic heterocycles. The van der Waals surface area contributed by atoms with Gasteiger partial charge in [-0.3, -0.25) is 0 Å². The minimum absolute atomic E-state index is 0.0499. The molecule has 0 amide bonds. The van der Waals surface area contributed by atoms with Crippen molar-refractivity contribution < 1.29 is 9.90 Å². The molecule has 4 N–H and O–H groups in total. The Morgan fingerprint density at radius 3 is 2.83 bits per heavy atom. The van der Waals surface area contributed by atoms with Crippen LogP contribution in [-0.2, 0) is 0 Å². The van der Waals surface area contributed by atoms with E-state index in [1.54, 1.807) is 0 Å². The molecule has 2 rings (SSSR count). The molecule has 5 nitrogen and oxygen atoms in total. The number of rotatable bonds is 3. The SMILES string of the molecule is Nc1cnc(Nc2cccc(I)c2)c(C(=O)O)c1. The van der Waals surface area contributed by atoms with E-state index in [-0.39, 0.29) is 11.4 Å². The van der Waals surface area contributed by atoms with Gasteiger partial charge in [0.15, 0.2) is 0 Å². The van der Waals surface area contributed by atoms with Gasteiger partial charge in [-0.1, -0.05) is 6.07 Å². The van der Waals surface area contributed by atoms with E-state index in [1.807, 2.05) is 24.3 Å². The van der Waals surface area contributed by atoms with Crippen molar-refractivity contribution in [1.29, 1.82) is 0 Å². The van der Waals surface area contributed by atoms with E-state index < -0.39 is 5.97 Å². The van der Waals surface area contributed by atoms with Crippen LogP contribution in [0.5, 0.6) is 0 Å². The Morgan fingerprint density at radius 1 is 1.39 bits per heavy atom. The zero-order chi connectivity index (χ0) is 13.1. The lowest BCUT2D eigenvalue weighted by molar-refractivity contribution is 0.0697. The molecule has 1 heterocycles.